The Morgan fingerprint density at radius 2 is 1.86 bits per heavy atom. The van der Waals surface area contributed by atoms with Crippen LogP contribution in [0.2, 0.25) is 0 Å². The number of nitrogens with one attached hydrogen (secondary N) is 1. The van der Waals surface area contributed by atoms with Crippen LogP contribution < -0.4 is 5.32 Å². The Morgan fingerprint density at radius 1 is 1.19 bits per heavy atom. The zero-order valence-electron chi connectivity index (χ0n) is 11.1. The number of ether oxygens (including phenoxy) is 1. The summed E-state index contributed by atoms with van der Waals surface area (Å²) >= 11 is 3.05. The summed E-state index contributed by atoms with van der Waals surface area (Å²) < 4.78 is 31.5. The smallest absolute Gasteiger partial charge is 0.332 e. The van der Waals surface area contributed by atoms with Crippen LogP contribution in [0.3, 0.4) is 0 Å². The van der Waals surface area contributed by atoms with Gasteiger partial charge >= 0.3 is 5.97 Å². The highest BCUT2D eigenvalue weighted by Gasteiger charge is 2.22. The van der Waals surface area contributed by atoms with Crippen molar-refractivity contribution >= 4 is 27.6 Å². The fourth-order valence-corrected chi connectivity index (χ4v) is 2.05. The van der Waals surface area contributed by atoms with Crippen molar-refractivity contribution in [2.75, 3.05) is 12.4 Å². The van der Waals surface area contributed by atoms with Crippen LogP contribution >= 0.6 is 15.9 Å². The molecule has 21 heavy (non-hydrogen) atoms. The Morgan fingerprint density at radius 3 is 2.43 bits per heavy atom. The van der Waals surface area contributed by atoms with Gasteiger partial charge in [0.1, 0.15) is 11.6 Å². The summed E-state index contributed by atoms with van der Waals surface area (Å²) in [6.45, 7) is 0. The highest BCUT2D eigenvalue weighted by molar-refractivity contribution is 9.10. The summed E-state index contributed by atoms with van der Waals surface area (Å²) in [4.78, 5) is 11.9. The molecule has 0 bridgehead atoms. The maximum Gasteiger partial charge on any atom is 0.332 e. The summed E-state index contributed by atoms with van der Waals surface area (Å²) in [5, 5.41) is 2.90. The lowest BCUT2D eigenvalue weighted by molar-refractivity contribution is -0.141. The van der Waals surface area contributed by atoms with Gasteiger partial charge in [-0.1, -0.05) is 6.07 Å². The molecule has 0 saturated carbocycles. The van der Waals surface area contributed by atoms with Crippen LogP contribution in [0, 0.1) is 11.6 Å². The van der Waals surface area contributed by atoms with Crippen molar-refractivity contribution in [3.8, 4) is 0 Å². The number of esters is 1. The minimum atomic E-state index is -0.886. The third-order valence-electron chi connectivity index (χ3n) is 2.87. The molecule has 0 radical (unpaired) electrons. The summed E-state index contributed by atoms with van der Waals surface area (Å²) in [6.07, 6.45) is 0. The van der Waals surface area contributed by atoms with E-state index in [4.69, 9.17) is 4.74 Å². The summed E-state index contributed by atoms with van der Waals surface area (Å²) in [6, 6.07) is 8.96. The van der Waals surface area contributed by atoms with Gasteiger partial charge in [-0.3, -0.25) is 0 Å². The van der Waals surface area contributed by atoms with Gasteiger partial charge < -0.3 is 10.1 Å². The number of carbonyl (C=O) groups excluding carboxylic acids is 1. The monoisotopic (exact) mass is 355 g/mol. The Kier molecular flexibility index (Phi) is 4.90. The number of halogens is 3. The Hall–Kier alpha value is -1.95. The first-order valence-corrected chi connectivity index (χ1v) is 6.85. The van der Waals surface area contributed by atoms with Gasteiger partial charge in [-0.2, -0.15) is 0 Å². The second-order valence-corrected chi connectivity index (χ2v) is 5.14. The molecule has 6 heteroatoms. The van der Waals surface area contributed by atoms with Gasteiger partial charge in [0.05, 0.1) is 11.6 Å². The van der Waals surface area contributed by atoms with E-state index in [1.54, 1.807) is 6.07 Å². The minimum absolute atomic E-state index is 0.302. The second-order valence-electron chi connectivity index (χ2n) is 4.28. The normalized spacial score (nSPS) is 11.8. The van der Waals surface area contributed by atoms with Crippen molar-refractivity contribution in [2.45, 2.75) is 6.04 Å². The van der Waals surface area contributed by atoms with Crippen LogP contribution in [-0.2, 0) is 9.53 Å². The van der Waals surface area contributed by atoms with Gasteiger partial charge in [-0.15, -0.1) is 0 Å². The predicted octanol–water partition coefficient (Wildman–Crippen LogP) is 4.05. The summed E-state index contributed by atoms with van der Waals surface area (Å²) in [5.74, 6) is -1.44. The van der Waals surface area contributed by atoms with E-state index in [-0.39, 0.29) is 5.82 Å². The van der Waals surface area contributed by atoms with Gasteiger partial charge in [-0.05, 0) is 57.9 Å². The number of benzene rings is 2. The van der Waals surface area contributed by atoms with Gasteiger partial charge in [0.25, 0.3) is 0 Å². The van der Waals surface area contributed by atoms with E-state index in [1.165, 1.54) is 43.5 Å². The van der Waals surface area contributed by atoms with Crippen LogP contribution in [-0.4, -0.2) is 13.1 Å². The zero-order chi connectivity index (χ0) is 15.4. The Balaban J connectivity index is 2.31. The molecule has 0 spiro atoms. The van der Waals surface area contributed by atoms with Crippen LogP contribution in [0.5, 0.6) is 0 Å². The standard InChI is InChI=1S/C15H12BrF2NO2/c1-21-15(20)14(9-2-7-12(16)13(18)8-9)19-11-5-3-10(17)4-6-11/h2-8,14,19H,1H3. The number of methoxy groups -OCH3 is 1. The summed E-state index contributed by atoms with van der Waals surface area (Å²) in [7, 11) is 1.25. The second kappa shape index (κ2) is 6.67. The number of hydrogen-bond donors (Lipinski definition) is 1. The SMILES string of the molecule is COC(=O)C(Nc1ccc(F)cc1)c1ccc(Br)c(F)c1. The molecule has 2 aromatic carbocycles. The first-order chi connectivity index (χ1) is 10.0. The highest BCUT2D eigenvalue weighted by atomic mass is 79.9. The first-order valence-electron chi connectivity index (χ1n) is 6.06. The molecule has 2 rings (SSSR count). The molecule has 1 N–H and O–H groups in total. The molecule has 0 saturated heterocycles. The molecule has 0 fully saturated rings. The maximum absolute atomic E-state index is 13.6. The fraction of sp³-hybridized carbons (Fsp3) is 0.133. The van der Waals surface area contributed by atoms with Crippen molar-refractivity contribution in [3.05, 3.63) is 64.1 Å². The van der Waals surface area contributed by atoms with E-state index in [9.17, 15) is 13.6 Å². The molecule has 0 aliphatic rings. The van der Waals surface area contributed by atoms with Crippen LogP contribution in [0.15, 0.2) is 46.9 Å². The number of hydrogen-bond acceptors (Lipinski definition) is 3. The zero-order valence-corrected chi connectivity index (χ0v) is 12.7. The van der Waals surface area contributed by atoms with E-state index in [1.807, 2.05) is 0 Å². The van der Waals surface area contributed by atoms with Gasteiger partial charge in [0, 0.05) is 5.69 Å². The molecule has 1 unspecified atom stereocenters. The molecular formula is C15H12BrF2NO2. The molecular weight excluding hydrogens is 344 g/mol. The average molecular weight is 356 g/mol. The lowest BCUT2D eigenvalue weighted by Crippen LogP contribution is -2.22. The van der Waals surface area contributed by atoms with Crippen molar-refractivity contribution in [3.63, 3.8) is 0 Å². The van der Waals surface area contributed by atoms with Crippen LogP contribution in [0.1, 0.15) is 11.6 Å². The van der Waals surface area contributed by atoms with Crippen LogP contribution in [0.4, 0.5) is 14.5 Å². The van der Waals surface area contributed by atoms with E-state index in [0.717, 1.165) is 0 Å². The number of anilines is 1. The average Bonchev–Trinajstić information content (AvgIpc) is 2.49. The molecule has 0 heterocycles. The molecule has 1 atom stereocenters. The van der Waals surface area contributed by atoms with Crippen LogP contribution in [0.25, 0.3) is 0 Å². The van der Waals surface area contributed by atoms with Crippen molar-refractivity contribution in [2.24, 2.45) is 0 Å². The predicted molar refractivity (Wildman–Crippen MR) is 78.9 cm³/mol. The fourth-order valence-electron chi connectivity index (χ4n) is 1.80. The molecule has 3 nitrogen and oxygen atoms in total. The Bertz CT molecular complexity index is 647. The third kappa shape index (κ3) is 3.78. The lowest BCUT2D eigenvalue weighted by atomic mass is 10.1. The van der Waals surface area contributed by atoms with Gasteiger partial charge in [0.2, 0.25) is 0 Å². The highest BCUT2D eigenvalue weighted by Crippen LogP contribution is 2.25. The van der Waals surface area contributed by atoms with E-state index < -0.39 is 17.8 Å². The molecule has 2 aromatic rings. The first kappa shape index (κ1) is 15.4. The maximum atomic E-state index is 13.6. The molecule has 0 aromatic heterocycles. The topological polar surface area (TPSA) is 38.3 Å². The quantitative estimate of drug-likeness (QED) is 0.840. The van der Waals surface area contributed by atoms with Gasteiger partial charge in [-0.25, -0.2) is 13.6 Å². The van der Waals surface area contributed by atoms with E-state index in [0.29, 0.717) is 15.7 Å². The molecule has 0 aliphatic heterocycles. The van der Waals surface area contributed by atoms with E-state index in [2.05, 4.69) is 21.2 Å². The largest absolute Gasteiger partial charge is 0.467 e. The number of carbonyl (C=O) groups is 1. The Labute approximate surface area is 129 Å². The lowest BCUT2D eigenvalue weighted by Gasteiger charge is -2.18. The molecule has 0 aliphatic carbocycles. The van der Waals surface area contributed by atoms with Gasteiger partial charge in [0.15, 0.2) is 6.04 Å². The number of rotatable bonds is 4. The van der Waals surface area contributed by atoms with Crippen molar-refractivity contribution in [1.29, 1.82) is 0 Å². The van der Waals surface area contributed by atoms with E-state index >= 15 is 0 Å². The minimum Gasteiger partial charge on any atom is -0.467 e. The van der Waals surface area contributed by atoms with Crippen molar-refractivity contribution in [1.82, 2.24) is 0 Å². The summed E-state index contributed by atoms with van der Waals surface area (Å²) in [5.41, 5.74) is 0.932. The van der Waals surface area contributed by atoms with Crippen molar-refractivity contribution < 1.29 is 18.3 Å². The molecule has 110 valence electrons. The molecule has 0 amide bonds. The third-order valence-corrected chi connectivity index (χ3v) is 3.51.